The van der Waals surface area contributed by atoms with Gasteiger partial charge in [0.2, 0.25) is 0 Å². The summed E-state index contributed by atoms with van der Waals surface area (Å²) in [7, 11) is 0. The Morgan fingerprint density at radius 2 is 1.92 bits per heavy atom. The van der Waals surface area contributed by atoms with E-state index in [-0.39, 0.29) is 0 Å². The minimum atomic E-state index is 0.897. The first-order valence-corrected chi connectivity index (χ1v) is 4.45. The summed E-state index contributed by atoms with van der Waals surface area (Å²) in [5.74, 6) is 0. The van der Waals surface area contributed by atoms with Crippen molar-refractivity contribution in [3.05, 3.63) is 54.1 Å². The van der Waals surface area contributed by atoms with Crippen molar-refractivity contribution in [3.63, 3.8) is 0 Å². The second-order valence-corrected chi connectivity index (χ2v) is 3.30. The van der Waals surface area contributed by atoms with Crippen LogP contribution in [0.4, 0.5) is 0 Å². The highest BCUT2D eigenvalue weighted by Crippen LogP contribution is 2.26. The summed E-state index contributed by atoms with van der Waals surface area (Å²) in [6.45, 7) is 4.07. The van der Waals surface area contributed by atoms with Crippen molar-refractivity contribution in [1.29, 1.82) is 0 Å². The van der Waals surface area contributed by atoms with E-state index in [1.807, 2.05) is 0 Å². The first-order chi connectivity index (χ1) is 6.45. The summed E-state index contributed by atoms with van der Waals surface area (Å²) < 4.78 is 0. The maximum atomic E-state index is 3.18. The SMILES string of the molecule is [C]1NCc2cccc3cccc1c23. The summed E-state index contributed by atoms with van der Waals surface area (Å²) in [4.78, 5) is 0. The number of hydrogen-bond acceptors (Lipinski definition) is 1. The molecule has 0 aliphatic carbocycles. The van der Waals surface area contributed by atoms with Crippen LogP contribution in [0.1, 0.15) is 11.1 Å². The van der Waals surface area contributed by atoms with Crippen LogP contribution in [0, 0.1) is 6.54 Å². The molecular weight excluding hydrogens is 158 g/mol. The normalized spacial score (nSPS) is 14.8. The van der Waals surface area contributed by atoms with Gasteiger partial charge in [-0.15, -0.1) is 0 Å². The lowest BCUT2D eigenvalue weighted by Gasteiger charge is -2.16. The van der Waals surface area contributed by atoms with E-state index in [9.17, 15) is 0 Å². The Hall–Kier alpha value is -1.34. The van der Waals surface area contributed by atoms with E-state index in [1.54, 1.807) is 0 Å². The first-order valence-electron chi connectivity index (χ1n) is 4.45. The minimum absolute atomic E-state index is 0.897. The van der Waals surface area contributed by atoms with Gasteiger partial charge in [-0.25, -0.2) is 0 Å². The van der Waals surface area contributed by atoms with Crippen LogP contribution in [-0.2, 0) is 6.54 Å². The zero-order valence-corrected chi connectivity index (χ0v) is 7.17. The average molecular weight is 167 g/mol. The molecule has 1 N–H and O–H groups in total. The highest BCUT2D eigenvalue weighted by Gasteiger charge is 2.10. The second kappa shape index (κ2) is 2.57. The molecule has 0 saturated heterocycles. The van der Waals surface area contributed by atoms with Crippen LogP contribution in [0.3, 0.4) is 0 Å². The molecule has 0 amide bonds. The molecule has 2 radical (unpaired) electrons. The van der Waals surface area contributed by atoms with Crippen molar-refractivity contribution >= 4 is 10.8 Å². The molecule has 1 heteroatoms. The van der Waals surface area contributed by atoms with Crippen LogP contribution in [0.15, 0.2) is 36.4 Å². The van der Waals surface area contributed by atoms with Gasteiger partial charge in [0, 0.05) is 6.54 Å². The van der Waals surface area contributed by atoms with E-state index in [0.29, 0.717) is 0 Å². The molecule has 1 nitrogen and oxygen atoms in total. The van der Waals surface area contributed by atoms with Crippen molar-refractivity contribution in [2.24, 2.45) is 0 Å². The molecule has 0 atom stereocenters. The first kappa shape index (κ1) is 7.10. The molecule has 1 heterocycles. The lowest BCUT2D eigenvalue weighted by atomic mass is 9.96. The number of nitrogens with one attached hydrogen (secondary N) is 1. The van der Waals surface area contributed by atoms with Crippen molar-refractivity contribution in [2.45, 2.75) is 6.54 Å². The summed E-state index contributed by atoms with van der Waals surface area (Å²) in [6.07, 6.45) is 0. The molecule has 1 aliphatic rings. The molecule has 2 aromatic rings. The second-order valence-electron chi connectivity index (χ2n) is 3.30. The Morgan fingerprint density at radius 1 is 1.08 bits per heavy atom. The standard InChI is InChI=1S/C12H9N/c1-3-9-4-2-6-11-8-13-7-10(5-1)12(9)11/h1-6,13H,7H2. The van der Waals surface area contributed by atoms with Crippen molar-refractivity contribution in [3.8, 4) is 0 Å². The van der Waals surface area contributed by atoms with Crippen LogP contribution in [0.25, 0.3) is 10.8 Å². The Labute approximate surface area is 77.4 Å². The topological polar surface area (TPSA) is 12.0 Å². The van der Waals surface area contributed by atoms with Crippen LogP contribution in [0.2, 0.25) is 0 Å². The van der Waals surface area contributed by atoms with Crippen molar-refractivity contribution in [1.82, 2.24) is 5.32 Å². The van der Waals surface area contributed by atoms with Crippen LogP contribution in [0.5, 0.6) is 0 Å². The van der Waals surface area contributed by atoms with Gasteiger partial charge in [-0.3, -0.25) is 5.32 Å². The summed E-state index contributed by atoms with van der Waals surface area (Å²) in [5.41, 5.74) is 2.55. The molecule has 0 saturated carbocycles. The molecular formula is C12H9N. The number of benzene rings is 2. The molecule has 13 heavy (non-hydrogen) atoms. The van der Waals surface area contributed by atoms with Gasteiger partial charge in [0.1, 0.15) is 0 Å². The van der Waals surface area contributed by atoms with Gasteiger partial charge in [0.05, 0.1) is 6.54 Å². The highest BCUT2D eigenvalue weighted by atomic mass is 14.9. The predicted molar refractivity (Wildman–Crippen MR) is 53.1 cm³/mol. The molecule has 0 aromatic heterocycles. The predicted octanol–water partition coefficient (Wildman–Crippen LogP) is 2.33. The van der Waals surface area contributed by atoms with E-state index in [2.05, 4.69) is 48.3 Å². The van der Waals surface area contributed by atoms with Gasteiger partial charge < -0.3 is 0 Å². The molecule has 0 unspecified atom stereocenters. The fraction of sp³-hybridized carbons (Fsp3) is 0.0833. The van der Waals surface area contributed by atoms with Gasteiger partial charge in [0.15, 0.2) is 0 Å². The zero-order chi connectivity index (χ0) is 8.67. The van der Waals surface area contributed by atoms with E-state index in [1.165, 1.54) is 21.9 Å². The molecule has 0 bridgehead atoms. The van der Waals surface area contributed by atoms with E-state index < -0.39 is 0 Å². The van der Waals surface area contributed by atoms with E-state index in [4.69, 9.17) is 0 Å². The summed E-state index contributed by atoms with van der Waals surface area (Å²) in [6, 6.07) is 12.7. The Kier molecular flexibility index (Phi) is 1.41. The van der Waals surface area contributed by atoms with E-state index >= 15 is 0 Å². The third-order valence-electron chi connectivity index (χ3n) is 2.49. The van der Waals surface area contributed by atoms with Gasteiger partial charge in [0.25, 0.3) is 0 Å². The van der Waals surface area contributed by atoms with E-state index in [0.717, 1.165) is 6.54 Å². The molecule has 3 rings (SSSR count). The Morgan fingerprint density at radius 3 is 2.85 bits per heavy atom. The summed E-state index contributed by atoms with van der Waals surface area (Å²) >= 11 is 0. The number of rotatable bonds is 0. The van der Waals surface area contributed by atoms with Gasteiger partial charge in [-0.1, -0.05) is 36.4 Å². The zero-order valence-electron chi connectivity index (χ0n) is 7.17. The third kappa shape index (κ3) is 0.973. The smallest absolute Gasteiger partial charge is 0.0943 e. The quantitative estimate of drug-likeness (QED) is 0.635. The third-order valence-corrected chi connectivity index (χ3v) is 2.49. The largest absolute Gasteiger partial charge is 0.299 e. The fourth-order valence-corrected chi connectivity index (χ4v) is 1.90. The molecule has 0 fully saturated rings. The summed E-state index contributed by atoms with van der Waals surface area (Å²) in [5, 5.41) is 5.81. The van der Waals surface area contributed by atoms with Crippen molar-refractivity contribution in [2.75, 3.05) is 0 Å². The molecule has 0 spiro atoms. The van der Waals surface area contributed by atoms with Crippen LogP contribution >= 0.6 is 0 Å². The lowest BCUT2D eigenvalue weighted by molar-refractivity contribution is 0.810. The maximum absolute atomic E-state index is 3.18. The number of hydrogen-bond donors (Lipinski definition) is 1. The Bertz CT molecular complexity index is 421. The van der Waals surface area contributed by atoms with Gasteiger partial charge in [-0.2, -0.15) is 0 Å². The Balaban J connectivity index is 2.49. The fourth-order valence-electron chi connectivity index (χ4n) is 1.90. The maximum Gasteiger partial charge on any atom is 0.0943 e. The van der Waals surface area contributed by atoms with Crippen molar-refractivity contribution < 1.29 is 0 Å². The van der Waals surface area contributed by atoms with Crippen LogP contribution in [-0.4, -0.2) is 0 Å². The van der Waals surface area contributed by atoms with Crippen LogP contribution < -0.4 is 5.32 Å². The average Bonchev–Trinajstić information content (AvgIpc) is 2.19. The van der Waals surface area contributed by atoms with Gasteiger partial charge in [-0.05, 0) is 21.9 Å². The minimum Gasteiger partial charge on any atom is -0.299 e. The monoisotopic (exact) mass is 167 g/mol. The highest BCUT2D eigenvalue weighted by molar-refractivity contribution is 5.90. The molecule has 1 aliphatic heterocycles. The molecule has 2 aromatic carbocycles. The lowest BCUT2D eigenvalue weighted by Crippen LogP contribution is -2.15. The molecule has 62 valence electrons. The van der Waals surface area contributed by atoms with Gasteiger partial charge >= 0.3 is 0 Å².